The van der Waals surface area contributed by atoms with Gasteiger partial charge in [-0.05, 0) is 42.7 Å². The molecule has 13 heteroatoms. The van der Waals surface area contributed by atoms with Crippen LogP contribution in [0.1, 0.15) is 18.9 Å². The van der Waals surface area contributed by atoms with Crippen molar-refractivity contribution in [1.82, 2.24) is 34.0 Å². The SMILES string of the molecule is O=C(Cn1cc(-c2ccc(Cl)c(Cl)c2)c2c(N3CC(O)C3)ncnc21)N1CCC(n2c(=O)[nH]c3ncccc32)CC1. The number of halogens is 2. The van der Waals surface area contributed by atoms with Crippen molar-refractivity contribution in [1.29, 1.82) is 0 Å². The highest BCUT2D eigenvalue weighted by Gasteiger charge is 2.31. The topological polar surface area (TPSA) is 125 Å². The molecule has 0 aliphatic carbocycles. The van der Waals surface area contributed by atoms with E-state index in [0.717, 1.165) is 22.0 Å². The van der Waals surface area contributed by atoms with Gasteiger partial charge in [-0.25, -0.2) is 19.7 Å². The van der Waals surface area contributed by atoms with Crippen molar-refractivity contribution in [3.05, 3.63) is 69.6 Å². The number of aromatic nitrogens is 6. The number of aliphatic hydroxyl groups is 1. The van der Waals surface area contributed by atoms with Crippen LogP contribution in [0.25, 0.3) is 33.3 Å². The summed E-state index contributed by atoms with van der Waals surface area (Å²) in [5.74, 6) is 0.667. The molecule has 4 aromatic heterocycles. The average Bonchev–Trinajstić information content (AvgIpc) is 3.50. The number of imidazole rings is 1. The van der Waals surface area contributed by atoms with Gasteiger partial charge in [0, 0.05) is 50.2 Å². The fraction of sp³-hybridized carbons (Fsp3) is 0.321. The first kappa shape index (κ1) is 26.0. The van der Waals surface area contributed by atoms with E-state index in [2.05, 4.69) is 19.9 Å². The standard InChI is InChI=1S/C28H26Cl2N8O3/c29-20-4-3-16(10-21(20)30)19-13-37(27-24(19)26(32-15-33-27)36-11-18(39)12-36)14-23(40)35-8-5-17(6-9-35)38-22-2-1-7-31-25(22)34-28(38)41/h1-4,7,10,13,15,17-18,39H,5-6,8-9,11-12,14H2,(H,31,34,41). The van der Waals surface area contributed by atoms with Crippen LogP contribution in [0.15, 0.2) is 53.8 Å². The van der Waals surface area contributed by atoms with Crippen LogP contribution in [-0.4, -0.2) is 77.3 Å². The van der Waals surface area contributed by atoms with Crippen LogP contribution in [0, 0.1) is 0 Å². The van der Waals surface area contributed by atoms with Gasteiger partial charge in [0.25, 0.3) is 0 Å². The minimum absolute atomic E-state index is 0.0136. The number of benzene rings is 1. The number of nitrogens with one attached hydrogen (secondary N) is 1. The van der Waals surface area contributed by atoms with Gasteiger partial charge in [0.1, 0.15) is 24.3 Å². The number of likely N-dealkylation sites (tertiary alicyclic amines) is 1. The number of anilines is 1. The summed E-state index contributed by atoms with van der Waals surface area (Å²) < 4.78 is 3.61. The molecule has 2 fully saturated rings. The lowest BCUT2D eigenvalue weighted by atomic mass is 10.0. The summed E-state index contributed by atoms with van der Waals surface area (Å²) in [6.07, 6.45) is 5.97. The summed E-state index contributed by atoms with van der Waals surface area (Å²) in [5, 5.41) is 11.6. The molecule has 210 valence electrons. The number of amides is 1. The Morgan fingerprint density at radius 3 is 2.63 bits per heavy atom. The van der Waals surface area contributed by atoms with Gasteiger partial charge in [-0.3, -0.25) is 14.3 Å². The summed E-state index contributed by atoms with van der Waals surface area (Å²) >= 11 is 12.5. The fourth-order valence-corrected chi connectivity index (χ4v) is 6.22. The highest BCUT2D eigenvalue weighted by atomic mass is 35.5. The van der Waals surface area contributed by atoms with Gasteiger partial charge in [-0.1, -0.05) is 29.3 Å². The van der Waals surface area contributed by atoms with Crippen LogP contribution in [-0.2, 0) is 11.3 Å². The molecular weight excluding hydrogens is 567 g/mol. The number of piperidine rings is 1. The quantitative estimate of drug-likeness (QED) is 0.320. The van der Waals surface area contributed by atoms with Crippen molar-refractivity contribution in [2.45, 2.75) is 31.5 Å². The Balaban J connectivity index is 1.16. The highest BCUT2D eigenvalue weighted by molar-refractivity contribution is 6.42. The highest BCUT2D eigenvalue weighted by Crippen LogP contribution is 2.38. The maximum Gasteiger partial charge on any atom is 0.327 e. The van der Waals surface area contributed by atoms with Crippen LogP contribution in [0.5, 0.6) is 0 Å². The largest absolute Gasteiger partial charge is 0.389 e. The molecule has 0 atom stereocenters. The number of fused-ring (bicyclic) bond motifs is 2. The molecule has 1 amide bonds. The normalized spacial score (nSPS) is 16.6. The number of aliphatic hydroxyl groups excluding tert-OH is 1. The molecule has 2 saturated heterocycles. The van der Waals surface area contributed by atoms with Crippen molar-refractivity contribution in [2.75, 3.05) is 31.1 Å². The molecule has 0 radical (unpaired) electrons. The number of aromatic amines is 1. The molecule has 5 aromatic rings. The molecule has 2 N–H and O–H groups in total. The second-order valence-electron chi connectivity index (χ2n) is 10.5. The number of pyridine rings is 1. The first-order valence-electron chi connectivity index (χ1n) is 13.4. The van der Waals surface area contributed by atoms with Gasteiger partial charge in [-0.15, -0.1) is 0 Å². The molecule has 0 saturated carbocycles. The number of H-pyrrole nitrogens is 1. The van der Waals surface area contributed by atoms with E-state index < -0.39 is 6.10 Å². The number of hydrogen-bond donors (Lipinski definition) is 2. The van der Waals surface area contributed by atoms with E-state index in [9.17, 15) is 14.7 Å². The average molecular weight is 593 g/mol. The van der Waals surface area contributed by atoms with E-state index in [0.29, 0.717) is 66.2 Å². The number of nitrogens with zero attached hydrogens (tertiary/aromatic N) is 7. The van der Waals surface area contributed by atoms with E-state index in [1.165, 1.54) is 6.33 Å². The zero-order valence-electron chi connectivity index (χ0n) is 21.9. The lowest BCUT2D eigenvalue weighted by molar-refractivity contribution is -0.133. The first-order chi connectivity index (χ1) is 19.9. The smallest absolute Gasteiger partial charge is 0.327 e. The summed E-state index contributed by atoms with van der Waals surface area (Å²) in [6, 6.07) is 9.10. The van der Waals surface area contributed by atoms with Gasteiger partial charge in [-0.2, -0.15) is 0 Å². The Morgan fingerprint density at radius 1 is 1.07 bits per heavy atom. The fourth-order valence-electron chi connectivity index (χ4n) is 5.92. The predicted molar refractivity (Wildman–Crippen MR) is 156 cm³/mol. The van der Waals surface area contributed by atoms with Crippen LogP contribution < -0.4 is 10.6 Å². The molecule has 0 unspecified atom stereocenters. The maximum atomic E-state index is 13.6. The number of carbonyl (C=O) groups excluding carboxylic acids is 1. The molecule has 41 heavy (non-hydrogen) atoms. The lowest BCUT2D eigenvalue weighted by Crippen LogP contribution is -2.51. The Hall–Kier alpha value is -3.93. The molecule has 2 aliphatic rings. The monoisotopic (exact) mass is 592 g/mol. The summed E-state index contributed by atoms with van der Waals surface area (Å²) in [4.78, 5) is 46.2. The molecule has 2 aliphatic heterocycles. The Labute approximate surface area is 244 Å². The van der Waals surface area contributed by atoms with Crippen molar-refractivity contribution >= 4 is 57.1 Å². The molecular formula is C28H26Cl2N8O3. The Kier molecular flexibility index (Phi) is 6.44. The van der Waals surface area contributed by atoms with Crippen LogP contribution in [0.3, 0.4) is 0 Å². The molecule has 0 bridgehead atoms. The maximum absolute atomic E-state index is 13.6. The van der Waals surface area contributed by atoms with Crippen molar-refractivity contribution < 1.29 is 9.90 Å². The number of rotatable bonds is 5. The zero-order valence-corrected chi connectivity index (χ0v) is 23.4. The zero-order chi connectivity index (χ0) is 28.2. The van der Waals surface area contributed by atoms with Crippen molar-refractivity contribution in [3.8, 4) is 11.1 Å². The first-order valence-corrected chi connectivity index (χ1v) is 14.2. The van der Waals surface area contributed by atoms with E-state index in [1.807, 2.05) is 38.8 Å². The van der Waals surface area contributed by atoms with Crippen molar-refractivity contribution in [3.63, 3.8) is 0 Å². The molecule has 7 rings (SSSR count). The lowest BCUT2D eigenvalue weighted by Gasteiger charge is -2.37. The van der Waals surface area contributed by atoms with Crippen molar-refractivity contribution in [2.24, 2.45) is 0 Å². The molecule has 0 spiro atoms. The van der Waals surface area contributed by atoms with Crippen LogP contribution in [0.2, 0.25) is 10.0 Å². The number of β-amino-alcohol motifs (C(OH)–C–C–N with tert-alkyl or cyclic N) is 1. The number of hydrogen-bond acceptors (Lipinski definition) is 7. The van der Waals surface area contributed by atoms with E-state index in [4.69, 9.17) is 23.2 Å². The van der Waals surface area contributed by atoms with E-state index in [-0.39, 0.29) is 24.2 Å². The third-order valence-corrected chi connectivity index (χ3v) is 8.74. The predicted octanol–water partition coefficient (Wildman–Crippen LogP) is 3.49. The Morgan fingerprint density at radius 2 is 1.88 bits per heavy atom. The third-order valence-electron chi connectivity index (χ3n) is 8.00. The van der Waals surface area contributed by atoms with Gasteiger partial charge >= 0.3 is 5.69 Å². The molecule has 11 nitrogen and oxygen atoms in total. The summed E-state index contributed by atoms with van der Waals surface area (Å²) in [5.41, 5.74) is 3.45. The minimum atomic E-state index is -0.406. The number of carbonyl (C=O) groups is 1. The van der Waals surface area contributed by atoms with Crippen LogP contribution >= 0.6 is 23.2 Å². The van der Waals surface area contributed by atoms with Gasteiger partial charge < -0.3 is 19.5 Å². The third kappa shape index (κ3) is 4.54. The second-order valence-corrected chi connectivity index (χ2v) is 11.4. The molecule has 1 aromatic carbocycles. The van der Waals surface area contributed by atoms with E-state index in [1.54, 1.807) is 22.9 Å². The summed E-state index contributed by atoms with van der Waals surface area (Å²) in [6.45, 7) is 2.11. The van der Waals surface area contributed by atoms with Gasteiger partial charge in [0.05, 0.1) is 27.1 Å². The Bertz CT molecular complexity index is 1850. The van der Waals surface area contributed by atoms with Crippen LogP contribution in [0.4, 0.5) is 5.82 Å². The van der Waals surface area contributed by atoms with E-state index >= 15 is 0 Å². The minimum Gasteiger partial charge on any atom is -0.389 e. The summed E-state index contributed by atoms with van der Waals surface area (Å²) in [7, 11) is 0. The second kappa shape index (κ2) is 10.2. The van der Waals surface area contributed by atoms with Gasteiger partial charge in [0.2, 0.25) is 5.91 Å². The molecule has 6 heterocycles. The van der Waals surface area contributed by atoms with Gasteiger partial charge in [0.15, 0.2) is 5.65 Å².